The molecule has 0 aliphatic heterocycles. The van der Waals surface area contributed by atoms with E-state index in [0.29, 0.717) is 29.1 Å². The second-order valence-corrected chi connectivity index (χ2v) is 7.08. The number of hydrogen-bond donors (Lipinski definition) is 2. The van der Waals surface area contributed by atoms with E-state index >= 15 is 0 Å². The SMILES string of the molecule is Cc1c(-c2cccc(F)c2)nc(N)c2nc([C@@H]3CC[C@@](C)(O)C3)nn12. The average molecular weight is 341 g/mol. The van der Waals surface area contributed by atoms with E-state index in [-0.39, 0.29) is 17.6 Å². The highest BCUT2D eigenvalue weighted by molar-refractivity contribution is 5.69. The number of anilines is 1. The molecule has 130 valence electrons. The van der Waals surface area contributed by atoms with Gasteiger partial charge in [0.1, 0.15) is 5.82 Å². The van der Waals surface area contributed by atoms with Crippen molar-refractivity contribution >= 4 is 11.5 Å². The predicted molar refractivity (Wildman–Crippen MR) is 92.5 cm³/mol. The van der Waals surface area contributed by atoms with E-state index < -0.39 is 5.60 Å². The van der Waals surface area contributed by atoms with Gasteiger partial charge in [0.25, 0.3) is 0 Å². The number of rotatable bonds is 2. The van der Waals surface area contributed by atoms with Crippen LogP contribution in [0.3, 0.4) is 0 Å². The maximum absolute atomic E-state index is 13.6. The number of nitrogens with two attached hydrogens (primary N) is 1. The van der Waals surface area contributed by atoms with Crippen LogP contribution < -0.4 is 5.73 Å². The van der Waals surface area contributed by atoms with Crippen LogP contribution >= 0.6 is 0 Å². The molecule has 3 aromatic rings. The van der Waals surface area contributed by atoms with Crippen LogP contribution in [-0.4, -0.2) is 30.3 Å². The molecule has 1 aliphatic rings. The van der Waals surface area contributed by atoms with Crippen LogP contribution in [0.5, 0.6) is 0 Å². The monoisotopic (exact) mass is 341 g/mol. The molecular formula is C18H20FN5O. The summed E-state index contributed by atoms with van der Waals surface area (Å²) in [7, 11) is 0. The molecular weight excluding hydrogens is 321 g/mol. The molecule has 1 saturated carbocycles. The number of aryl methyl sites for hydroxylation is 1. The van der Waals surface area contributed by atoms with Gasteiger partial charge in [-0.1, -0.05) is 12.1 Å². The van der Waals surface area contributed by atoms with Crippen LogP contribution in [0.15, 0.2) is 24.3 Å². The average Bonchev–Trinajstić information content (AvgIpc) is 3.15. The molecule has 2 heterocycles. The van der Waals surface area contributed by atoms with Gasteiger partial charge in [0.05, 0.1) is 17.0 Å². The zero-order valence-electron chi connectivity index (χ0n) is 14.2. The summed E-state index contributed by atoms with van der Waals surface area (Å²) in [5, 5.41) is 14.8. The summed E-state index contributed by atoms with van der Waals surface area (Å²) in [5.74, 6) is 0.704. The lowest BCUT2D eigenvalue weighted by atomic mass is 10.0. The molecule has 4 rings (SSSR count). The molecule has 0 saturated heterocycles. The minimum Gasteiger partial charge on any atom is -0.390 e. The van der Waals surface area contributed by atoms with Crippen LogP contribution in [0.4, 0.5) is 10.2 Å². The Labute approximate surface area is 144 Å². The first-order valence-corrected chi connectivity index (χ1v) is 8.35. The molecule has 0 amide bonds. The molecule has 0 spiro atoms. The number of nitrogens with zero attached hydrogens (tertiary/aromatic N) is 4. The molecule has 0 bridgehead atoms. The van der Waals surface area contributed by atoms with Crippen molar-refractivity contribution in [3.63, 3.8) is 0 Å². The van der Waals surface area contributed by atoms with Gasteiger partial charge in [0.15, 0.2) is 17.3 Å². The van der Waals surface area contributed by atoms with Crippen LogP contribution in [-0.2, 0) is 0 Å². The summed E-state index contributed by atoms with van der Waals surface area (Å²) in [6.45, 7) is 3.70. The summed E-state index contributed by atoms with van der Waals surface area (Å²) in [6.07, 6.45) is 2.20. The number of nitrogen functional groups attached to an aromatic ring is 1. The third-order valence-electron chi connectivity index (χ3n) is 4.93. The van der Waals surface area contributed by atoms with Crippen molar-refractivity contribution in [3.05, 3.63) is 41.6 Å². The molecule has 0 unspecified atom stereocenters. The van der Waals surface area contributed by atoms with Gasteiger partial charge < -0.3 is 10.8 Å². The normalized spacial score (nSPS) is 23.4. The largest absolute Gasteiger partial charge is 0.390 e. The second-order valence-electron chi connectivity index (χ2n) is 7.08. The van der Waals surface area contributed by atoms with Gasteiger partial charge in [-0.25, -0.2) is 18.9 Å². The fraction of sp³-hybridized carbons (Fsp3) is 0.389. The highest BCUT2D eigenvalue weighted by Crippen LogP contribution is 2.39. The van der Waals surface area contributed by atoms with Gasteiger partial charge >= 0.3 is 0 Å². The van der Waals surface area contributed by atoms with E-state index in [1.165, 1.54) is 12.1 Å². The van der Waals surface area contributed by atoms with E-state index in [1.807, 2.05) is 13.8 Å². The third kappa shape index (κ3) is 2.74. The number of benzene rings is 1. The van der Waals surface area contributed by atoms with Crippen LogP contribution in [0.1, 0.15) is 43.6 Å². The molecule has 25 heavy (non-hydrogen) atoms. The van der Waals surface area contributed by atoms with Gasteiger partial charge in [-0.3, -0.25) is 0 Å². The van der Waals surface area contributed by atoms with Crippen molar-refractivity contribution in [2.45, 2.75) is 44.6 Å². The minimum atomic E-state index is -0.673. The summed E-state index contributed by atoms with van der Waals surface area (Å²) in [6, 6.07) is 6.24. The van der Waals surface area contributed by atoms with E-state index in [2.05, 4.69) is 15.1 Å². The lowest BCUT2D eigenvalue weighted by Crippen LogP contribution is -2.18. The first-order valence-electron chi connectivity index (χ1n) is 8.35. The fourth-order valence-corrected chi connectivity index (χ4v) is 3.60. The van der Waals surface area contributed by atoms with E-state index in [9.17, 15) is 9.50 Å². The Morgan fingerprint density at radius 2 is 2.16 bits per heavy atom. The van der Waals surface area contributed by atoms with E-state index in [0.717, 1.165) is 18.5 Å². The number of fused-ring (bicyclic) bond motifs is 1. The number of aliphatic hydroxyl groups is 1. The summed E-state index contributed by atoms with van der Waals surface area (Å²) >= 11 is 0. The lowest BCUT2D eigenvalue weighted by Gasteiger charge is -2.14. The molecule has 1 aromatic carbocycles. The Bertz CT molecular complexity index is 965. The number of halogens is 1. The number of aromatic nitrogens is 4. The molecule has 0 radical (unpaired) electrons. The topological polar surface area (TPSA) is 89.3 Å². The summed E-state index contributed by atoms with van der Waals surface area (Å²) in [5.41, 5.74) is 7.89. The quantitative estimate of drug-likeness (QED) is 0.748. The Hall–Kier alpha value is -2.54. The first-order chi connectivity index (χ1) is 11.8. The molecule has 2 atom stereocenters. The van der Waals surface area contributed by atoms with E-state index in [4.69, 9.17) is 5.73 Å². The smallest absolute Gasteiger partial charge is 0.198 e. The molecule has 3 N–H and O–H groups in total. The zero-order valence-corrected chi connectivity index (χ0v) is 14.2. The van der Waals surface area contributed by atoms with E-state index in [1.54, 1.807) is 16.6 Å². The van der Waals surface area contributed by atoms with Crippen LogP contribution in [0.2, 0.25) is 0 Å². The van der Waals surface area contributed by atoms with Gasteiger partial charge in [-0.15, -0.1) is 0 Å². The Balaban J connectivity index is 1.83. The number of hydrogen-bond acceptors (Lipinski definition) is 5. The van der Waals surface area contributed by atoms with Crippen molar-refractivity contribution in [2.24, 2.45) is 0 Å². The highest BCUT2D eigenvalue weighted by Gasteiger charge is 2.36. The molecule has 1 fully saturated rings. The summed E-state index contributed by atoms with van der Waals surface area (Å²) in [4.78, 5) is 8.97. The zero-order chi connectivity index (χ0) is 17.8. The van der Waals surface area contributed by atoms with Crippen molar-refractivity contribution in [3.8, 4) is 11.3 Å². The van der Waals surface area contributed by atoms with Crippen molar-refractivity contribution in [1.82, 2.24) is 19.6 Å². The van der Waals surface area contributed by atoms with Crippen molar-refractivity contribution in [1.29, 1.82) is 0 Å². The summed E-state index contributed by atoms with van der Waals surface area (Å²) < 4.78 is 15.2. The standard InChI is InChI=1S/C18H20FN5O/c1-10-14(11-4-3-5-13(19)8-11)21-15(20)17-22-16(23-24(10)17)12-6-7-18(2,25)9-12/h3-5,8,12,25H,6-7,9H2,1-2H3,(H2,20,21)/t12-,18-/m1/s1. The van der Waals surface area contributed by atoms with Crippen molar-refractivity contribution < 1.29 is 9.50 Å². The van der Waals surface area contributed by atoms with Gasteiger partial charge in [0, 0.05) is 11.5 Å². The minimum absolute atomic E-state index is 0.103. The maximum atomic E-state index is 13.6. The Kier molecular flexibility index (Phi) is 3.50. The third-order valence-corrected chi connectivity index (χ3v) is 4.93. The van der Waals surface area contributed by atoms with Gasteiger partial charge in [0.2, 0.25) is 0 Å². The van der Waals surface area contributed by atoms with Gasteiger partial charge in [-0.2, -0.15) is 5.10 Å². The van der Waals surface area contributed by atoms with Crippen LogP contribution in [0, 0.1) is 12.7 Å². The maximum Gasteiger partial charge on any atom is 0.198 e. The molecule has 2 aromatic heterocycles. The second kappa shape index (κ2) is 5.49. The van der Waals surface area contributed by atoms with Crippen LogP contribution in [0.25, 0.3) is 16.9 Å². The molecule has 1 aliphatic carbocycles. The Morgan fingerprint density at radius 3 is 2.84 bits per heavy atom. The van der Waals surface area contributed by atoms with Gasteiger partial charge in [-0.05, 0) is 45.2 Å². The fourth-order valence-electron chi connectivity index (χ4n) is 3.60. The predicted octanol–water partition coefficient (Wildman–Crippen LogP) is 2.84. The Morgan fingerprint density at radius 1 is 1.36 bits per heavy atom. The molecule has 6 nitrogen and oxygen atoms in total. The highest BCUT2D eigenvalue weighted by atomic mass is 19.1. The first kappa shape index (κ1) is 16.0. The lowest BCUT2D eigenvalue weighted by molar-refractivity contribution is 0.0662. The van der Waals surface area contributed by atoms with Crippen molar-refractivity contribution in [2.75, 3.05) is 5.73 Å². The molecule has 7 heteroatoms.